The van der Waals surface area contributed by atoms with Gasteiger partial charge < -0.3 is 20.1 Å². The Kier molecular flexibility index (Phi) is 13.2. The number of hydrogen-bond donors (Lipinski definition) is 2. The topological polar surface area (TPSA) is 54.9 Å². The minimum Gasteiger partial charge on any atom is -0.381 e. The van der Waals surface area contributed by atoms with Crippen molar-refractivity contribution < 1.29 is 9.47 Å². The van der Waals surface area contributed by atoms with Crippen LogP contribution < -0.4 is 10.6 Å². The highest BCUT2D eigenvalue weighted by atomic mass is 127. The fourth-order valence-corrected chi connectivity index (χ4v) is 3.10. The van der Waals surface area contributed by atoms with Gasteiger partial charge in [-0.1, -0.05) is 12.1 Å². The van der Waals surface area contributed by atoms with Gasteiger partial charge in [0.05, 0.1) is 0 Å². The van der Waals surface area contributed by atoms with Crippen molar-refractivity contribution in [3.05, 3.63) is 29.8 Å². The molecule has 26 heavy (non-hydrogen) atoms. The van der Waals surface area contributed by atoms with Crippen LogP contribution in [0.25, 0.3) is 0 Å². The molecule has 0 aromatic heterocycles. The third-order valence-corrected chi connectivity index (χ3v) is 5.04. The van der Waals surface area contributed by atoms with Crippen LogP contribution in [0.3, 0.4) is 0 Å². The normalized spacial score (nSPS) is 15.4. The minimum absolute atomic E-state index is 0. The minimum atomic E-state index is 0. The molecule has 1 aromatic rings. The van der Waals surface area contributed by atoms with Crippen molar-refractivity contribution in [2.45, 2.75) is 30.7 Å². The fourth-order valence-electron chi connectivity index (χ4n) is 2.69. The van der Waals surface area contributed by atoms with Gasteiger partial charge in [0.2, 0.25) is 0 Å². The highest BCUT2D eigenvalue weighted by molar-refractivity contribution is 14.0. The molecular weight excluding hydrogens is 461 g/mol. The standard InChI is InChI=1S/C19H31N3O2S.HI/c1-20-19(22-14-16-4-6-18(25-2)7-5-16)21-10-3-11-24-15-17-8-12-23-13-9-17;/h4-7,17H,3,8-15H2,1-2H3,(H2,20,21,22);1H. The summed E-state index contributed by atoms with van der Waals surface area (Å²) in [5.41, 5.74) is 1.25. The van der Waals surface area contributed by atoms with Crippen LogP contribution in [0.1, 0.15) is 24.8 Å². The summed E-state index contributed by atoms with van der Waals surface area (Å²) >= 11 is 1.76. The molecule has 0 unspecified atom stereocenters. The van der Waals surface area contributed by atoms with E-state index in [4.69, 9.17) is 9.47 Å². The average Bonchev–Trinajstić information content (AvgIpc) is 2.68. The second-order valence-electron chi connectivity index (χ2n) is 6.18. The van der Waals surface area contributed by atoms with Crippen LogP contribution in [0.2, 0.25) is 0 Å². The van der Waals surface area contributed by atoms with Gasteiger partial charge in [-0.25, -0.2) is 0 Å². The molecule has 1 aliphatic heterocycles. The molecule has 0 bridgehead atoms. The maximum atomic E-state index is 5.78. The van der Waals surface area contributed by atoms with Crippen LogP contribution in [-0.2, 0) is 16.0 Å². The van der Waals surface area contributed by atoms with Gasteiger partial charge in [-0.2, -0.15) is 0 Å². The lowest BCUT2D eigenvalue weighted by molar-refractivity contribution is 0.0203. The Balaban J connectivity index is 0.00000338. The van der Waals surface area contributed by atoms with Gasteiger partial charge in [-0.05, 0) is 49.1 Å². The van der Waals surface area contributed by atoms with Crippen LogP contribution in [-0.4, -0.2) is 52.2 Å². The maximum Gasteiger partial charge on any atom is 0.191 e. The van der Waals surface area contributed by atoms with Gasteiger partial charge in [0.1, 0.15) is 0 Å². The van der Waals surface area contributed by atoms with Crippen LogP contribution in [0.4, 0.5) is 0 Å². The zero-order chi connectivity index (χ0) is 17.7. The molecule has 0 radical (unpaired) electrons. The summed E-state index contributed by atoms with van der Waals surface area (Å²) in [4.78, 5) is 5.55. The molecule has 1 aliphatic rings. The molecular formula is C19H32IN3O2S. The predicted molar refractivity (Wildman–Crippen MR) is 121 cm³/mol. The number of halogens is 1. The molecule has 5 nitrogen and oxygen atoms in total. The van der Waals surface area contributed by atoms with Crippen LogP contribution in [0.5, 0.6) is 0 Å². The fraction of sp³-hybridized carbons (Fsp3) is 0.632. The van der Waals surface area contributed by atoms with Crippen molar-refractivity contribution in [1.82, 2.24) is 10.6 Å². The third kappa shape index (κ3) is 9.43. The Labute approximate surface area is 179 Å². The average molecular weight is 493 g/mol. The Morgan fingerprint density at radius 2 is 1.96 bits per heavy atom. The van der Waals surface area contributed by atoms with Crippen molar-refractivity contribution >= 4 is 41.7 Å². The third-order valence-electron chi connectivity index (χ3n) is 4.29. The van der Waals surface area contributed by atoms with Gasteiger partial charge in [0, 0.05) is 51.5 Å². The van der Waals surface area contributed by atoms with E-state index in [1.165, 1.54) is 10.5 Å². The monoisotopic (exact) mass is 493 g/mol. The molecule has 148 valence electrons. The summed E-state index contributed by atoms with van der Waals surface area (Å²) in [6, 6.07) is 8.59. The van der Waals surface area contributed by atoms with E-state index in [0.717, 1.165) is 64.7 Å². The van der Waals surface area contributed by atoms with E-state index in [-0.39, 0.29) is 24.0 Å². The smallest absolute Gasteiger partial charge is 0.191 e. The van der Waals surface area contributed by atoms with Gasteiger partial charge >= 0.3 is 0 Å². The van der Waals surface area contributed by atoms with E-state index in [1.54, 1.807) is 18.8 Å². The summed E-state index contributed by atoms with van der Waals surface area (Å²) in [7, 11) is 1.80. The number of rotatable bonds is 9. The van der Waals surface area contributed by atoms with E-state index in [2.05, 4.69) is 46.1 Å². The Hall–Kier alpha value is -0.510. The van der Waals surface area contributed by atoms with E-state index in [9.17, 15) is 0 Å². The summed E-state index contributed by atoms with van der Waals surface area (Å²) < 4.78 is 11.1. The number of aliphatic imine (C=N–C) groups is 1. The molecule has 0 atom stereocenters. The molecule has 0 saturated carbocycles. The summed E-state index contributed by atoms with van der Waals surface area (Å²) in [6.07, 6.45) is 5.33. The molecule has 1 saturated heterocycles. The Bertz CT molecular complexity index is 508. The second kappa shape index (κ2) is 14.5. The first-order valence-electron chi connectivity index (χ1n) is 9.04. The van der Waals surface area contributed by atoms with Crippen molar-refractivity contribution in [3.8, 4) is 0 Å². The molecule has 2 rings (SSSR count). The van der Waals surface area contributed by atoms with Crippen LogP contribution in [0.15, 0.2) is 34.2 Å². The quantitative estimate of drug-likeness (QED) is 0.181. The number of benzene rings is 1. The highest BCUT2D eigenvalue weighted by Crippen LogP contribution is 2.15. The van der Waals surface area contributed by atoms with E-state index >= 15 is 0 Å². The molecule has 1 heterocycles. The Morgan fingerprint density at radius 3 is 2.62 bits per heavy atom. The van der Waals surface area contributed by atoms with Gasteiger partial charge in [0.15, 0.2) is 5.96 Å². The first kappa shape index (κ1) is 23.5. The van der Waals surface area contributed by atoms with E-state index in [1.807, 2.05) is 0 Å². The first-order valence-corrected chi connectivity index (χ1v) is 10.3. The zero-order valence-electron chi connectivity index (χ0n) is 15.8. The van der Waals surface area contributed by atoms with Crippen molar-refractivity contribution in [2.24, 2.45) is 10.9 Å². The second-order valence-corrected chi connectivity index (χ2v) is 7.06. The van der Waals surface area contributed by atoms with E-state index < -0.39 is 0 Å². The maximum absolute atomic E-state index is 5.78. The molecule has 0 amide bonds. The molecule has 1 fully saturated rings. The first-order chi connectivity index (χ1) is 12.3. The highest BCUT2D eigenvalue weighted by Gasteiger charge is 2.13. The summed E-state index contributed by atoms with van der Waals surface area (Å²) in [5, 5.41) is 6.68. The van der Waals surface area contributed by atoms with Gasteiger partial charge in [0.25, 0.3) is 0 Å². The van der Waals surface area contributed by atoms with Crippen LogP contribution in [0, 0.1) is 5.92 Å². The van der Waals surface area contributed by atoms with Crippen molar-refractivity contribution in [2.75, 3.05) is 46.3 Å². The predicted octanol–water partition coefficient (Wildman–Crippen LogP) is 3.52. The van der Waals surface area contributed by atoms with Crippen LogP contribution >= 0.6 is 35.7 Å². The molecule has 7 heteroatoms. The van der Waals surface area contributed by atoms with Gasteiger partial charge in [-0.3, -0.25) is 4.99 Å². The summed E-state index contributed by atoms with van der Waals surface area (Å²) in [5.74, 6) is 1.51. The number of ether oxygens (including phenoxy) is 2. The molecule has 0 spiro atoms. The lowest BCUT2D eigenvalue weighted by Gasteiger charge is -2.21. The van der Waals surface area contributed by atoms with Crippen molar-refractivity contribution in [1.29, 1.82) is 0 Å². The molecule has 2 N–H and O–H groups in total. The number of nitrogens with zero attached hydrogens (tertiary/aromatic N) is 1. The summed E-state index contributed by atoms with van der Waals surface area (Å²) in [6.45, 7) is 5.06. The number of guanidine groups is 1. The Morgan fingerprint density at radius 1 is 1.23 bits per heavy atom. The zero-order valence-corrected chi connectivity index (χ0v) is 19.0. The lowest BCUT2D eigenvalue weighted by atomic mass is 10.0. The largest absolute Gasteiger partial charge is 0.381 e. The lowest BCUT2D eigenvalue weighted by Crippen LogP contribution is -2.37. The van der Waals surface area contributed by atoms with E-state index in [0.29, 0.717) is 5.92 Å². The molecule has 0 aliphatic carbocycles. The number of nitrogens with one attached hydrogen (secondary N) is 2. The number of hydrogen-bond acceptors (Lipinski definition) is 4. The van der Waals surface area contributed by atoms with Gasteiger partial charge in [-0.15, -0.1) is 35.7 Å². The van der Waals surface area contributed by atoms with Crippen molar-refractivity contribution in [3.63, 3.8) is 0 Å². The SMILES string of the molecule is CN=C(NCCCOCC1CCOCC1)NCc1ccc(SC)cc1.I. The number of thioether (sulfide) groups is 1. The molecule has 1 aromatic carbocycles.